The number of aromatic nitrogens is 2. The number of amides is 1. The molecule has 6 nitrogen and oxygen atoms in total. The van der Waals surface area contributed by atoms with Crippen LogP contribution in [0.1, 0.15) is 12.0 Å². The van der Waals surface area contributed by atoms with Gasteiger partial charge in [0.05, 0.1) is 19.4 Å². The highest BCUT2D eigenvalue weighted by molar-refractivity contribution is 5.99. The van der Waals surface area contributed by atoms with E-state index in [1.165, 1.54) is 7.11 Å². The fraction of sp³-hybridized carbons (Fsp3) is 0.312. The lowest BCUT2D eigenvalue weighted by atomic mass is 10.1. The van der Waals surface area contributed by atoms with E-state index >= 15 is 0 Å². The summed E-state index contributed by atoms with van der Waals surface area (Å²) < 4.78 is 6.69. The van der Waals surface area contributed by atoms with Gasteiger partial charge in [0, 0.05) is 37.6 Å². The maximum absolute atomic E-state index is 12.1. The van der Waals surface area contributed by atoms with Gasteiger partial charge in [0.2, 0.25) is 5.91 Å². The smallest absolute Gasteiger partial charge is 0.311 e. The monoisotopic (exact) mass is 299 g/mol. The minimum absolute atomic E-state index is 0.0437. The van der Waals surface area contributed by atoms with Crippen molar-refractivity contribution in [2.24, 2.45) is 5.92 Å². The molecule has 1 amide bonds. The van der Waals surface area contributed by atoms with Crippen LogP contribution in [0, 0.1) is 5.92 Å². The number of benzene rings is 1. The quantitative estimate of drug-likeness (QED) is 0.802. The maximum atomic E-state index is 12.1. The van der Waals surface area contributed by atoms with E-state index in [-0.39, 0.29) is 24.2 Å². The fourth-order valence-corrected chi connectivity index (χ4v) is 2.65. The molecule has 0 aliphatic carbocycles. The summed E-state index contributed by atoms with van der Waals surface area (Å²) in [5.41, 5.74) is 1.93. The number of carbonyl (C=O) groups is 2. The third-order valence-corrected chi connectivity index (χ3v) is 3.83. The number of nitrogens with zero attached hydrogens (tertiary/aromatic N) is 3. The Morgan fingerprint density at radius 2 is 2.14 bits per heavy atom. The van der Waals surface area contributed by atoms with Crippen molar-refractivity contribution in [2.75, 3.05) is 18.6 Å². The third kappa shape index (κ3) is 2.86. The third-order valence-electron chi connectivity index (χ3n) is 3.83. The van der Waals surface area contributed by atoms with E-state index in [0.29, 0.717) is 6.54 Å². The van der Waals surface area contributed by atoms with Gasteiger partial charge in [-0.05, 0) is 17.7 Å². The van der Waals surface area contributed by atoms with Crippen molar-refractivity contribution in [3.8, 4) is 0 Å². The summed E-state index contributed by atoms with van der Waals surface area (Å²) in [5, 5.41) is 0. The number of hydrogen-bond acceptors (Lipinski definition) is 4. The van der Waals surface area contributed by atoms with Crippen molar-refractivity contribution in [2.45, 2.75) is 13.0 Å². The Balaban J connectivity index is 1.70. The van der Waals surface area contributed by atoms with E-state index < -0.39 is 0 Å². The first-order valence-electron chi connectivity index (χ1n) is 7.10. The molecular formula is C16H17N3O3. The molecule has 22 heavy (non-hydrogen) atoms. The van der Waals surface area contributed by atoms with Crippen molar-refractivity contribution in [3.63, 3.8) is 0 Å². The van der Waals surface area contributed by atoms with Gasteiger partial charge in [0.25, 0.3) is 0 Å². The lowest BCUT2D eigenvalue weighted by Crippen LogP contribution is -2.26. The Bertz CT molecular complexity index is 664. The summed E-state index contributed by atoms with van der Waals surface area (Å²) in [7, 11) is 1.35. The number of hydrogen-bond donors (Lipinski definition) is 0. The molecule has 0 bridgehead atoms. The Morgan fingerprint density at radius 1 is 1.36 bits per heavy atom. The highest BCUT2D eigenvalue weighted by Crippen LogP contribution is 2.26. The largest absolute Gasteiger partial charge is 0.469 e. The summed E-state index contributed by atoms with van der Waals surface area (Å²) in [5.74, 6) is -0.742. The zero-order valence-electron chi connectivity index (χ0n) is 12.3. The van der Waals surface area contributed by atoms with Gasteiger partial charge in [-0.1, -0.05) is 12.1 Å². The van der Waals surface area contributed by atoms with E-state index in [9.17, 15) is 9.59 Å². The number of rotatable bonds is 4. The van der Waals surface area contributed by atoms with Crippen LogP contribution in [0.5, 0.6) is 0 Å². The molecule has 1 fully saturated rings. The fourth-order valence-electron chi connectivity index (χ4n) is 2.65. The topological polar surface area (TPSA) is 64.4 Å². The lowest BCUT2D eigenvalue weighted by molar-refractivity contribution is -0.145. The zero-order chi connectivity index (χ0) is 15.5. The second kappa shape index (κ2) is 6.01. The molecule has 3 rings (SSSR count). The molecule has 1 aliphatic rings. The molecule has 1 aromatic heterocycles. The number of carbonyl (C=O) groups excluding carboxylic acids is 2. The molecule has 1 atom stereocenters. The van der Waals surface area contributed by atoms with Gasteiger partial charge in [-0.25, -0.2) is 4.98 Å². The zero-order valence-corrected chi connectivity index (χ0v) is 12.3. The van der Waals surface area contributed by atoms with Crippen molar-refractivity contribution in [1.29, 1.82) is 0 Å². The number of esters is 1. The van der Waals surface area contributed by atoms with Gasteiger partial charge in [-0.2, -0.15) is 0 Å². The van der Waals surface area contributed by atoms with Gasteiger partial charge >= 0.3 is 5.97 Å². The highest BCUT2D eigenvalue weighted by atomic mass is 16.5. The van der Waals surface area contributed by atoms with Crippen LogP contribution in [-0.4, -0.2) is 35.1 Å². The lowest BCUT2D eigenvalue weighted by Gasteiger charge is -2.17. The van der Waals surface area contributed by atoms with Gasteiger partial charge in [0.15, 0.2) is 0 Å². The Kier molecular flexibility index (Phi) is 3.91. The van der Waals surface area contributed by atoms with Crippen LogP contribution in [0.15, 0.2) is 43.0 Å². The molecule has 114 valence electrons. The molecule has 0 spiro atoms. The molecule has 0 radical (unpaired) electrons. The molecule has 1 unspecified atom stereocenters. The van der Waals surface area contributed by atoms with E-state index in [1.807, 2.05) is 35.0 Å². The number of methoxy groups -OCH3 is 1. The van der Waals surface area contributed by atoms with Crippen LogP contribution in [0.2, 0.25) is 0 Å². The number of ether oxygens (including phenoxy) is 1. The van der Waals surface area contributed by atoms with E-state index in [2.05, 4.69) is 4.98 Å². The predicted molar refractivity (Wildman–Crippen MR) is 80.2 cm³/mol. The van der Waals surface area contributed by atoms with Crippen molar-refractivity contribution in [1.82, 2.24) is 9.55 Å². The van der Waals surface area contributed by atoms with Crippen molar-refractivity contribution in [3.05, 3.63) is 48.5 Å². The molecule has 0 saturated carbocycles. The summed E-state index contributed by atoms with van der Waals surface area (Å²) in [6.07, 6.45) is 5.62. The average Bonchev–Trinajstić information content (AvgIpc) is 3.17. The molecule has 1 aromatic carbocycles. The first-order valence-corrected chi connectivity index (χ1v) is 7.10. The normalized spacial score (nSPS) is 17.8. The minimum atomic E-state index is -0.372. The van der Waals surface area contributed by atoms with Gasteiger partial charge in [-0.3, -0.25) is 9.59 Å². The van der Waals surface area contributed by atoms with E-state index in [4.69, 9.17) is 4.74 Å². The van der Waals surface area contributed by atoms with Crippen LogP contribution in [0.3, 0.4) is 0 Å². The van der Waals surface area contributed by atoms with Crippen LogP contribution < -0.4 is 4.90 Å². The van der Waals surface area contributed by atoms with E-state index in [1.54, 1.807) is 17.4 Å². The molecule has 0 N–H and O–H groups in total. The Hall–Kier alpha value is -2.63. The molecular weight excluding hydrogens is 282 g/mol. The molecule has 2 aromatic rings. The van der Waals surface area contributed by atoms with Crippen molar-refractivity contribution < 1.29 is 14.3 Å². The second-order valence-electron chi connectivity index (χ2n) is 5.33. The predicted octanol–water partition coefficient (Wildman–Crippen LogP) is 1.46. The van der Waals surface area contributed by atoms with Gasteiger partial charge < -0.3 is 14.2 Å². The van der Waals surface area contributed by atoms with Gasteiger partial charge in [-0.15, -0.1) is 0 Å². The summed E-state index contributed by atoms with van der Waals surface area (Å²) >= 11 is 0. The Morgan fingerprint density at radius 3 is 2.77 bits per heavy atom. The van der Waals surface area contributed by atoms with Crippen molar-refractivity contribution >= 4 is 17.6 Å². The summed E-state index contributed by atoms with van der Waals surface area (Å²) in [6.45, 7) is 1.12. The van der Waals surface area contributed by atoms with E-state index in [0.717, 1.165) is 17.8 Å². The first kappa shape index (κ1) is 14.3. The number of anilines is 1. The molecule has 1 aliphatic heterocycles. The standard InChI is InChI=1S/C16H17N3O3/c1-22-16(21)13-8-15(20)19(10-13)14-4-2-12(3-5-14)9-18-7-6-17-11-18/h2-7,11,13H,8-10H2,1H3. The second-order valence-corrected chi connectivity index (χ2v) is 5.33. The highest BCUT2D eigenvalue weighted by Gasteiger charge is 2.35. The maximum Gasteiger partial charge on any atom is 0.311 e. The minimum Gasteiger partial charge on any atom is -0.469 e. The van der Waals surface area contributed by atoms with Crippen LogP contribution in [0.25, 0.3) is 0 Å². The Labute approximate surface area is 128 Å². The molecule has 6 heteroatoms. The summed E-state index contributed by atoms with van der Waals surface area (Å²) in [6, 6.07) is 7.77. The van der Waals surface area contributed by atoms with Crippen LogP contribution in [0.4, 0.5) is 5.69 Å². The SMILES string of the molecule is COC(=O)C1CC(=O)N(c2ccc(Cn3ccnc3)cc2)C1. The average molecular weight is 299 g/mol. The van der Waals surface area contributed by atoms with Crippen LogP contribution in [-0.2, 0) is 20.9 Å². The first-order chi connectivity index (χ1) is 10.7. The van der Waals surface area contributed by atoms with Crippen LogP contribution >= 0.6 is 0 Å². The summed E-state index contributed by atoms with van der Waals surface area (Å²) in [4.78, 5) is 29.3. The molecule has 1 saturated heterocycles. The number of imidazole rings is 1. The molecule has 2 heterocycles. The van der Waals surface area contributed by atoms with Gasteiger partial charge in [0.1, 0.15) is 0 Å².